The van der Waals surface area contributed by atoms with E-state index in [2.05, 4.69) is 20.9 Å². The van der Waals surface area contributed by atoms with E-state index in [1.165, 1.54) is 6.20 Å². The molecule has 6 heteroatoms. The second-order valence-corrected chi connectivity index (χ2v) is 5.85. The molecule has 3 nitrogen and oxygen atoms in total. The average molecular weight is 374 g/mol. The number of hydrogen-bond acceptors (Lipinski definition) is 3. The highest BCUT2D eigenvalue weighted by Crippen LogP contribution is 2.44. The first kappa shape index (κ1) is 16.2. The number of ether oxygens (including phenoxy) is 1. The SMILES string of the molecule is Cl.N[C@@H]1C[C@H]1c1cc(Br)ccc1OCc1cccnc1F. The van der Waals surface area contributed by atoms with Gasteiger partial charge in [-0.05, 0) is 42.3 Å². The molecule has 0 bridgehead atoms. The van der Waals surface area contributed by atoms with Crippen molar-refractivity contribution in [2.45, 2.75) is 25.0 Å². The van der Waals surface area contributed by atoms with Gasteiger partial charge in [-0.15, -0.1) is 12.4 Å². The third-order valence-corrected chi connectivity index (χ3v) is 3.92. The first-order chi connectivity index (χ1) is 9.65. The van der Waals surface area contributed by atoms with Crippen molar-refractivity contribution in [3.8, 4) is 5.75 Å². The van der Waals surface area contributed by atoms with Crippen molar-refractivity contribution in [2.24, 2.45) is 5.73 Å². The van der Waals surface area contributed by atoms with E-state index in [1.54, 1.807) is 12.1 Å². The lowest BCUT2D eigenvalue weighted by atomic mass is 10.1. The molecule has 1 heterocycles. The maximum absolute atomic E-state index is 13.5. The monoisotopic (exact) mass is 372 g/mol. The van der Waals surface area contributed by atoms with Crippen molar-refractivity contribution in [1.29, 1.82) is 0 Å². The second-order valence-electron chi connectivity index (χ2n) is 4.93. The summed E-state index contributed by atoms with van der Waals surface area (Å²) in [5.41, 5.74) is 7.43. The molecular formula is C15H15BrClFN2O. The smallest absolute Gasteiger partial charge is 0.219 e. The van der Waals surface area contributed by atoms with Gasteiger partial charge in [0.25, 0.3) is 0 Å². The van der Waals surface area contributed by atoms with Crippen LogP contribution in [0.15, 0.2) is 41.0 Å². The number of nitrogens with two attached hydrogens (primary N) is 1. The van der Waals surface area contributed by atoms with Crippen molar-refractivity contribution in [2.75, 3.05) is 0 Å². The van der Waals surface area contributed by atoms with Crippen molar-refractivity contribution in [3.05, 3.63) is 58.1 Å². The Kier molecular flexibility index (Phi) is 5.19. The molecule has 0 amide bonds. The molecular weight excluding hydrogens is 359 g/mol. The van der Waals surface area contributed by atoms with Crippen LogP contribution >= 0.6 is 28.3 Å². The van der Waals surface area contributed by atoms with Crippen molar-refractivity contribution >= 4 is 28.3 Å². The van der Waals surface area contributed by atoms with E-state index in [0.717, 1.165) is 22.2 Å². The van der Waals surface area contributed by atoms with Gasteiger partial charge in [-0.2, -0.15) is 4.39 Å². The Bertz CT molecular complexity index is 641. The van der Waals surface area contributed by atoms with E-state index in [1.807, 2.05) is 18.2 Å². The zero-order valence-corrected chi connectivity index (χ0v) is 13.5. The highest BCUT2D eigenvalue weighted by atomic mass is 79.9. The summed E-state index contributed by atoms with van der Waals surface area (Å²) in [5, 5.41) is 0. The third kappa shape index (κ3) is 3.73. The Balaban J connectivity index is 0.00000161. The molecule has 0 spiro atoms. The van der Waals surface area contributed by atoms with Crippen LogP contribution in [0.5, 0.6) is 5.75 Å². The molecule has 0 radical (unpaired) electrons. The summed E-state index contributed by atoms with van der Waals surface area (Å²) in [6, 6.07) is 9.38. The van der Waals surface area contributed by atoms with Gasteiger partial charge in [0.15, 0.2) is 0 Å². The van der Waals surface area contributed by atoms with Crippen molar-refractivity contribution in [3.63, 3.8) is 0 Å². The topological polar surface area (TPSA) is 48.1 Å². The lowest BCUT2D eigenvalue weighted by molar-refractivity contribution is 0.294. The normalized spacial score (nSPS) is 19.8. The molecule has 2 atom stereocenters. The van der Waals surface area contributed by atoms with Crippen LogP contribution in [-0.2, 0) is 6.61 Å². The van der Waals surface area contributed by atoms with E-state index < -0.39 is 5.95 Å². The minimum absolute atomic E-state index is 0. The van der Waals surface area contributed by atoms with Gasteiger partial charge in [0.1, 0.15) is 12.4 Å². The Morgan fingerprint density at radius 2 is 2.14 bits per heavy atom. The van der Waals surface area contributed by atoms with Gasteiger partial charge in [-0.1, -0.05) is 15.9 Å². The Hall–Kier alpha value is -1.17. The van der Waals surface area contributed by atoms with Crippen LogP contribution in [0.25, 0.3) is 0 Å². The minimum atomic E-state index is -0.491. The summed E-state index contributed by atoms with van der Waals surface area (Å²) in [6.07, 6.45) is 2.39. The molecule has 0 saturated heterocycles. The fraction of sp³-hybridized carbons (Fsp3) is 0.267. The molecule has 21 heavy (non-hydrogen) atoms. The maximum Gasteiger partial charge on any atom is 0.219 e. The average Bonchev–Trinajstić information content (AvgIpc) is 3.16. The van der Waals surface area contributed by atoms with E-state index in [9.17, 15) is 4.39 Å². The number of benzene rings is 1. The van der Waals surface area contributed by atoms with Crippen LogP contribution < -0.4 is 10.5 Å². The van der Waals surface area contributed by atoms with Gasteiger partial charge in [-0.25, -0.2) is 4.98 Å². The Morgan fingerprint density at radius 3 is 2.81 bits per heavy atom. The first-order valence-corrected chi connectivity index (χ1v) is 7.21. The van der Waals surface area contributed by atoms with Gasteiger partial charge in [0.05, 0.1) is 0 Å². The number of rotatable bonds is 4. The summed E-state index contributed by atoms with van der Waals surface area (Å²) >= 11 is 3.45. The van der Waals surface area contributed by atoms with Gasteiger partial charge in [-0.3, -0.25) is 0 Å². The molecule has 1 aliphatic rings. The van der Waals surface area contributed by atoms with E-state index in [-0.39, 0.29) is 25.1 Å². The van der Waals surface area contributed by atoms with Gasteiger partial charge < -0.3 is 10.5 Å². The third-order valence-electron chi connectivity index (χ3n) is 3.43. The van der Waals surface area contributed by atoms with Crippen LogP contribution in [0, 0.1) is 5.95 Å². The fourth-order valence-corrected chi connectivity index (χ4v) is 2.57. The molecule has 1 fully saturated rings. The minimum Gasteiger partial charge on any atom is -0.488 e. The second kappa shape index (κ2) is 6.73. The van der Waals surface area contributed by atoms with Crippen molar-refractivity contribution < 1.29 is 9.13 Å². The zero-order valence-electron chi connectivity index (χ0n) is 11.1. The number of nitrogens with zero attached hydrogens (tertiary/aromatic N) is 1. The summed E-state index contributed by atoms with van der Waals surface area (Å²) in [5.74, 6) is 0.602. The predicted octanol–water partition coefficient (Wildman–Crippen LogP) is 3.80. The molecule has 112 valence electrons. The molecule has 2 N–H and O–H groups in total. The molecule has 3 rings (SSSR count). The number of aromatic nitrogens is 1. The summed E-state index contributed by atoms with van der Waals surface area (Å²) < 4.78 is 20.2. The van der Waals surface area contributed by atoms with Gasteiger partial charge in [0.2, 0.25) is 5.95 Å². The van der Waals surface area contributed by atoms with Gasteiger partial charge >= 0.3 is 0 Å². The maximum atomic E-state index is 13.5. The molecule has 1 saturated carbocycles. The van der Waals surface area contributed by atoms with Crippen LogP contribution in [0.4, 0.5) is 4.39 Å². The highest BCUT2D eigenvalue weighted by molar-refractivity contribution is 9.10. The molecule has 1 aliphatic carbocycles. The number of hydrogen-bond donors (Lipinski definition) is 1. The summed E-state index contributed by atoms with van der Waals surface area (Å²) in [6.45, 7) is 0.163. The molecule has 2 aromatic rings. The zero-order chi connectivity index (χ0) is 14.1. The lowest BCUT2D eigenvalue weighted by Crippen LogP contribution is -2.04. The molecule has 0 unspecified atom stereocenters. The lowest BCUT2D eigenvalue weighted by Gasteiger charge is -2.12. The highest BCUT2D eigenvalue weighted by Gasteiger charge is 2.37. The van der Waals surface area contributed by atoms with Gasteiger partial charge in [0, 0.05) is 28.2 Å². The van der Waals surface area contributed by atoms with Crippen LogP contribution in [-0.4, -0.2) is 11.0 Å². The first-order valence-electron chi connectivity index (χ1n) is 6.42. The van der Waals surface area contributed by atoms with E-state index in [4.69, 9.17) is 10.5 Å². The van der Waals surface area contributed by atoms with E-state index >= 15 is 0 Å². The molecule has 0 aliphatic heterocycles. The quantitative estimate of drug-likeness (QED) is 0.829. The molecule has 1 aromatic carbocycles. The standard InChI is InChI=1S/C15H14BrFN2O.ClH/c16-10-3-4-14(12(6-10)11-7-13(11)18)20-8-9-2-1-5-19-15(9)17;/h1-6,11,13H,7-8,18H2;1H/t11-,13+;/m0./s1. The molecule has 1 aromatic heterocycles. The summed E-state index contributed by atoms with van der Waals surface area (Å²) in [4.78, 5) is 3.61. The van der Waals surface area contributed by atoms with Crippen molar-refractivity contribution in [1.82, 2.24) is 4.98 Å². The Labute approximate surface area is 137 Å². The summed E-state index contributed by atoms with van der Waals surface area (Å²) in [7, 11) is 0. The largest absolute Gasteiger partial charge is 0.488 e. The number of halogens is 3. The van der Waals surface area contributed by atoms with Crippen LogP contribution in [0.3, 0.4) is 0 Å². The fourth-order valence-electron chi connectivity index (χ4n) is 2.20. The van der Waals surface area contributed by atoms with Crippen LogP contribution in [0.1, 0.15) is 23.5 Å². The Morgan fingerprint density at radius 1 is 1.38 bits per heavy atom. The number of pyridine rings is 1. The van der Waals surface area contributed by atoms with E-state index in [0.29, 0.717) is 11.5 Å². The van der Waals surface area contributed by atoms with Crippen LogP contribution in [0.2, 0.25) is 0 Å². The predicted molar refractivity (Wildman–Crippen MR) is 85.3 cm³/mol.